The first-order valence-electron chi connectivity index (χ1n) is 13.9. The molecule has 1 aliphatic heterocycles. The van der Waals surface area contributed by atoms with Crippen LogP contribution in [0.5, 0.6) is 0 Å². The summed E-state index contributed by atoms with van der Waals surface area (Å²) in [6.07, 6.45) is 2.57. The van der Waals surface area contributed by atoms with Gasteiger partial charge in [0.1, 0.15) is 17.4 Å². The van der Waals surface area contributed by atoms with Gasteiger partial charge in [-0.1, -0.05) is 23.4 Å². The van der Waals surface area contributed by atoms with Crippen LogP contribution >= 0.6 is 0 Å². The zero-order valence-corrected chi connectivity index (χ0v) is 23.9. The number of fused-ring (bicyclic) bond motifs is 1. The van der Waals surface area contributed by atoms with Gasteiger partial charge in [-0.05, 0) is 36.8 Å². The van der Waals surface area contributed by atoms with Gasteiger partial charge in [-0.15, -0.1) is 5.10 Å². The molecule has 0 spiro atoms. The molecule has 6 rings (SSSR count). The van der Waals surface area contributed by atoms with Gasteiger partial charge in [0.15, 0.2) is 11.5 Å². The molecule has 43 heavy (non-hydrogen) atoms. The summed E-state index contributed by atoms with van der Waals surface area (Å²) in [5, 5.41) is 14.8. The van der Waals surface area contributed by atoms with Gasteiger partial charge >= 0.3 is 0 Å². The number of Topliss-reactive ketones (excluding diaryl/α,β-unsaturated/α-hetero) is 1. The van der Waals surface area contributed by atoms with Crippen molar-refractivity contribution in [1.82, 2.24) is 39.8 Å². The maximum atomic E-state index is 14.1. The van der Waals surface area contributed by atoms with E-state index in [1.807, 2.05) is 43.3 Å². The molecule has 1 saturated heterocycles. The fourth-order valence-corrected chi connectivity index (χ4v) is 5.48. The summed E-state index contributed by atoms with van der Waals surface area (Å²) < 4.78 is 36.2. The highest BCUT2D eigenvalue weighted by molar-refractivity contribution is 5.83. The van der Waals surface area contributed by atoms with Crippen LogP contribution in [0.25, 0.3) is 28.1 Å². The number of pyridine rings is 2. The molecule has 0 amide bonds. The molecule has 222 valence electrons. The van der Waals surface area contributed by atoms with Crippen molar-refractivity contribution in [3.8, 4) is 16.9 Å². The number of hydrogen-bond acceptors (Lipinski definition) is 9. The number of methoxy groups -OCH3 is 1. The number of aromatic nitrogens is 7. The molecular formula is C30H30F2N8O3. The van der Waals surface area contributed by atoms with Crippen LogP contribution in [0.1, 0.15) is 29.3 Å². The van der Waals surface area contributed by atoms with Gasteiger partial charge in [-0.25, -0.2) is 23.7 Å². The Bertz CT molecular complexity index is 1770. The van der Waals surface area contributed by atoms with Crippen LogP contribution in [-0.2, 0) is 27.8 Å². The second kappa shape index (κ2) is 12.0. The third-order valence-corrected chi connectivity index (χ3v) is 7.63. The molecule has 5 aromatic rings. The number of ether oxygens (including phenoxy) is 1. The predicted octanol–water partition coefficient (Wildman–Crippen LogP) is 3.95. The topological polar surface area (TPSA) is 113 Å². The maximum Gasteiger partial charge on any atom is 0.248 e. The Morgan fingerprint density at radius 2 is 1.95 bits per heavy atom. The van der Waals surface area contributed by atoms with Crippen LogP contribution in [0.2, 0.25) is 0 Å². The third-order valence-electron chi connectivity index (χ3n) is 7.63. The van der Waals surface area contributed by atoms with Gasteiger partial charge in [0.2, 0.25) is 5.95 Å². The van der Waals surface area contributed by atoms with E-state index in [-0.39, 0.29) is 24.5 Å². The van der Waals surface area contributed by atoms with Gasteiger partial charge < -0.3 is 4.74 Å². The number of para-hydroxylation sites is 1. The Kier molecular flexibility index (Phi) is 8.02. The quantitative estimate of drug-likeness (QED) is 0.224. The van der Waals surface area contributed by atoms with E-state index in [4.69, 9.17) is 14.7 Å². The van der Waals surface area contributed by atoms with Crippen LogP contribution < -0.4 is 0 Å². The zero-order chi connectivity index (χ0) is 30.1. The molecule has 11 nitrogen and oxygen atoms in total. The number of benzene rings is 1. The number of carbonyl (C=O) groups excluding carboxylic acids is 1. The highest BCUT2D eigenvalue weighted by Crippen LogP contribution is 2.37. The van der Waals surface area contributed by atoms with Crippen molar-refractivity contribution < 1.29 is 23.1 Å². The number of hydrogen-bond donors (Lipinski definition) is 0. The van der Waals surface area contributed by atoms with E-state index in [1.54, 1.807) is 34.8 Å². The van der Waals surface area contributed by atoms with Crippen LogP contribution in [-0.4, -0.2) is 72.4 Å². The number of nitrogens with zero attached hydrogens (tertiary/aromatic N) is 8. The van der Waals surface area contributed by atoms with E-state index in [9.17, 15) is 13.6 Å². The van der Waals surface area contributed by atoms with Crippen LogP contribution in [0, 0.1) is 24.6 Å². The molecule has 0 unspecified atom stereocenters. The van der Waals surface area contributed by atoms with Gasteiger partial charge in [0.05, 0.1) is 23.7 Å². The van der Waals surface area contributed by atoms with E-state index in [0.29, 0.717) is 42.1 Å². The Hall–Kier alpha value is -4.46. The van der Waals surface area contributed by atoms with E-state index in [2.05, 4.69) is 20.3 Å². The molecule has 0 N–H and O–H groups in total. The van der Waals surface area contributed by atoms with Crippen molar-refractivity contribution >= 4 is 16.9 Å². The average Bonchev–Trinajstić information content (AvgIpc) is 3.69. The fourth-order valence-electron chi connectivity index (χ4n) is 5.48. The summed E-state index contributed by atoms with van der Waals surface area (Å²) in [6.45, 7) is 3.23. The van der Waals surface area contributed by atoms with Crippen LogP contribution in [0.15, 0.2) is 54.9 Å². The van der Waals surface area contributed by atoms with E-state index in [1.165, 1.54) is 6.20 Å². The van der Waals surface area contributed by atoms with Crippen molar-refractivity contribution in [3.05, 3.63) is 83.4 Å². The van der Waals surface area contributed by atoms with Crippen molar-refractivity contribution in [3.63, 3.8) is 0 Å². The minimum Gasteiger partial charge on any atom is -0.383 e. The first-order chi connectivity index (χ1) is 20.8. The zero-order valence-electron chi connectivity index (χ0n) is 23.9. The molecule has 5 heterocycles. The lowest BCUT2D eigenvalue weighted by Gasteiger charge is -2.17. The van der Waals surface area contributed by atoms with Crippen LogP contribution in [0.4, 0.5) is 8.78 Å². The van der Waals surface area contributed by atoms with E-state index in [0.717, 1.165) is 28.6 Å². The molecule has 0 saturated carbocycles. The van der Waals surface area contributed by atoms with Gasteiger partial charge in [-0.2, -0.15) is 14.6 Å². The Morgan fingerprint density at radius 1 is 1.14 bits per heavy atom. The Morgan fingerprint density at radius 3 is 2.72 bits per heavy atom. The number of rotatable bonds is 10. The second-order valence-corrected chi connectivity index (χ2v) is 10.6. The molecule has 0 aliphatic carbocycles. The van der Waals surface area contributed by atoms with E-state index < -0.39 is 17.9 Å². The fraction of sp³-hybridized carbons (Fsp3) is 0.333. The highest BCUT2D eigenvalue weighted by Gasteiger charge is 2.37. The van der Waals surface area contributed by atoms with E-state index >= 15 is 0 Å². The molecule has 1 aromatic carbocycles. The summed E-state index contributed by atoms with van der Waals surface area (Å²) >= 11 is 0. The van der Waals surface area contributed by atoms with Crippen molar-refractivity contribution in [2.24, 2.45) is 13.0 Å². The summed E-state index contributed by atoms with van der Waals surface area (Å²) in [5.41, 5.74) is 5.52. The smallest absolute Gasteiger partial charge is 0.248 e. The number of halogens is 2. The summed E-state index contributed by atoms with van der Waals surface area (Å²) in [7, 11) is 3.36. The first kappa shape index (κ1) is 28.6. The van der Waals surface area contributed by atoms with Crippen molar-refractivity contribution in [2.45, 2.75) is 25.9 Å². The average molecular weight is 589 g/mol. The maximum absolute atomic E-state index is 14.1. The Labute approximate surface area is 246 Å². The SMILES string of the molecule is COCCN1C[C@@H](CC(=O)Cc2c(C)c(-c3cnc4c(c3)nnn4C)nn2-c2ccccc2)[C@H](c2cnc(F)c(F)c2)O1. The van der Waals surface area contributed by atoms with Crippen LogP contribution in [0.3, 0.4) is 0 Å². The summed E-state index contributed by atoms with van der Waals surface area (Å²) in [5.74, 6) is -2.60. The summed E-state index contributed by atoms with van der Waals surface area (Å²) in [4.78, 5) is 27.8. The monoisotopic (exact) mass is 588 g/mol. The minimum atomic E-state index is -1.18. The number of hydroxylamine groups is 2. The van der Waals surface area contributed by atoms with Crippen molar-refractivity contribution in [1.29, 1.82) is 0 Å². The molecule has 4 aromatic heterocycles. The van der Waals surface area contributed by atoms with Gasteiger partial charge in [0.25, 0.3) is 0 Å². The number of carbonyl (C=O) groups is 1. The lowest BCUT2D eigenvalue weighted by molar-refractivity contribution is -0.155. The molecule has 0 radical (unpaired) electrons. The first-order valence-corrected chi connectivity index (χ1v) is 13.9. The Balaban J connectivity index is 1.30. The molecule has 1 fully saturated rings. The third kappa shape index (κ3) is 5.78. The second-order valence-electron chi connectivity index (χ2n) is 10.6. The lowest BCUT2D eigenvalue weighted by atomic mass is 9.91. The summed E-state index contributed by atoms with van der Waals surface area (Å²) in [6, 6.07) is 12.6. The largest absolute Gasteiger partial charge is 0.383 e. The molecule has 0 bridgehead atoms. The standard InChI is InChI=1S/C30H30F2N8O3/c1-18-26(14-23(41)11-21-17-39(9-10-42-3)43-28(21)20-12-24(31)29(32)33-16-20)40(22-7-5-4-6-8-22)36-27(18)19-13-25-30(34-15-19)38(2)37-35-25/h4-8,12-13,15-16,21,28H,9-11,14,17H2,1-3H3/t21-,28+/m1/s1. The van der Waals surface area contributed by atoms with Gasteiger partial charge in [-0.3, -0.25) is 9.63 Å². The van der Waals surface area contributed by atoms with Crippen molar-refractivity contribution in [2.75, 3.05) is 26.8 Å². The number of aryl methyl sites for hydroxylation is 1. The molecular weight excluding hydrogens is 558 g/mol. The highest BCUT2D eigenvalue weighted by atomic mass is 19.2. The lowest BCUT2D eigenvalue weighted by Crippen LogP contribution is -2.24. The van der Waals surface area contributed by atoms with Gasteiger partial charge in [0, 0.05) is 69.5 Å². The number of ketones is 1. The predicted molar refractivity (Wildman–Crippen MR) is 152 cm³/mol. The molecule has 1 aliphatic rings. The molecule has 2 atom stereocenters. The normalized spacial score (nSPS) is 17.2. The molecule has 13 heteroatoms. The minimum absolute atomic E-state index is 0.0445.